The predicted octanol–water partition coefficient (Wildman–Crippen LogP) is 3.09. The van der Waals surface area contributed by atoms with Crippen molar-refractivity contribution in [2.45, 2.75) is 32.4 Å². The number of methoxy groups -OCH3 is 1. The van der Waals surface area contributed by atoms with Crippen molar-refractivity contribution in [1.29, 1.82) is 5.26 Å². The van der Waals surface area contributed by atoms with Gasteiger partial charge in [-0.15, -0.1) is 0 Å². The summed E-state index contributed by atoms with van der Waals surface area (Å²) in [6.45, 7) is 3.40. The van der Waals surface area contributed by atoms with Crippen LogP contribution >= 0.6 is 0 Å². The molecule has 6 heteroatoms. The van der Waals surface area contributed by atoms with Gasteiger partial charge in [0.25, 0.3) is 0 Å². The summed E-state index contributed by atoms with van der Waals surface area (Å²) in [6.07, 6.45) is 2.06. The second kappa shape index (κ2) is 6.62. The van der Waals surface area contributed by atoms with Crippen molar-refractivity contribution in [3.8, 4) is 11.9 Å². The van der Waals surface area contributed by atoms with Gasteiger partial charge in [0.15, 0.2) is 0 Å². The second-order valence-electron chi connectivity index (χ2n) is 6.18. The SMILES string of the molecule is COc1c([C@@H]2CCCN2Cc2ccc(C#N)cc2F)c(C)nn1C. The molecule has 1 aromatic carbocycles. The molecule has 0 bridgehead atoms. The Bertz CT molecular complexity index is 793. The van der Waals surface area contributed by atoms with Gasteiger partial charge in [-0.1, -0.05) is 6.07 Å². The lowest BCUT2D eigenvalue weighted by Gasteiger charge is -2.25. The van der Waals surface area contributed by atoms with Gasteiger partial charge in [0.05, 0.1) is 30.0 Å². The molecule has 1 saturated heterocycles. The average molecular weight is 328 g/mol. The summed E-state index contributed by atoms with van der Waals surface area (Å²) >= 11 is 0. The van der Waals surface area contributed by atoms with E-state index < -0.39 is 0 Å². The van der Waals surface area contributed by atoms with E-state index in [1.54, 1.807) is 23.9 Å². The first-order chi connectivity index (χ1) is 11.5. The summed E-state index contributed by atoms with van der Waals surface area (Å²) in [7, 11) is 3.52. The Labute approximate surface area is 141 Å². The Morgan fingerprint density at radius 2 is 2.25 bits per heavy atom. The highest BCUT2D eigenvalue weighted by Gasteiger charge is 2.32. The van der Waals surface area contributed by atoms with Crippen LogP contribution in [0.2, 0.25) is 0 Å². The second-order valence-corrected chi connectivity index (χ2v) is 6.18. The fourth-order valence-electron chi connectivity index (χ4n) is 3.59. The van der Waals surface area contributed by atoms with E-state index in [1.165, 1.54) is 6.07 Å². The number of benzene rings is 1. The molecule has 1 aliphatic heterocycles. The Morgan fingerprint density at radius 1 is 1.46 bits per heavy atom. The number of hydrogen-bond acceptors (Lipinski definition) is 4. The third-order valence-corrected chi connectivity index (χ3v) is 4.66. The molecule has 1 aromatic heterocycles. The summed E-state index contributed by atoms with van der Waals surface area (Å²) in [6, 6.07) is 6.81. The maximum atomic E-state index is 14.2. The number of rotatable bonds is 4. The van der Waals surface area contributed by atoms with Gasteiger partial charge in [-0.2, -0.15) is 10.4 Å². The molecule has 0 radical (unpaired) electrons. The van der Waals surface area contributed by atoms with Crippen LogP contribution in [0.15, 0.2) is 18.2 Å². The number of hydrogen-bond donors (Lipinski definition) is 0. The molecule has 2 heterocycles. The van der Waals surface area contributed by atoms with Crippen LogP contribution in [-0.2, 0) is 13.6 Å². The smallest absolute Gasteiger partial charge is 0.216 e. The molecule has 3 rings (SSSR count). The van der Waals surface area contributed by atoms with Gasteiger partial charge in [0.1, 0.15) is 5.82 Å². The Morgan fingerprint density at radius 3 is 2.92 bits per heavy atom. The number of aromatic nitrogens is 2. The zero-order chi connectivity index (χ0) is 17.3. The Balaban J connectivity index is 1.88. The lowest BCUT2D eigenvalue weighted by Crippen LogP contribution is -2.24. The van der Waals surface area contributed by atoms with E-state index in [0.717, 1.165) is 36.5 Å². The lowest BCUT2D eigenvalue weighted by atomic mass is 10.0. The monoisotopic (exact) mass is 328 g/mol. The molecule has 126 valence electrons. The van der Waals surface area contributed by atoms with E-state index in [-0.39, 0.29) is 11.9 Å². The number of nitrogens with zero attached hydrogens (tertiary/aromatic N) is 4. The first kappa shape index (κ1) is 16.5. The zero-order valence-corrected chi connectivity index (χ0v) is 14.2. The zero-order valence-electron chi connectivity index (χ0n) is 14.2. The molecule has 0 amide bonds. The van der Waals surface area contributed by atoms with Crippen molar-refractivity contribution >= 4 is 0 Å². The number of ether oxygens (including phenoxy) is 1. The predicted molar refractivity (Wildman–Crippen MR) is 88.0 cm³/mol. The van der Waals surface area contributed by atoms with Crippen LogP contribution < -0.4 is 4.74 Å². The summed E-state index contributed by atoms with van der Waals surface area (Å²) in [5, 5.41) is 13.3. The van der Waals surface area contributed by atoms with E-state index in [1.807, 2.05) is 20.0 Å². The molecule has 5 nitrogen and oxygen atoms in total. The van der Waals surface area contributed by atoms with Gasteiger partial charge in [-0.05, 0) is 38.4 Å². The van der Waals surface area contributed by atoms with Crippen LogP contribution in [0.3, 0.4) is 0 Å². The van der Waals surface area contributed by atoms with Crippen LogP contribution in [0.1, 0.15) is 41.3 Å². The molecular weight excluding hydrogens is 307 g/mol. The highest BCUT2D eigenvalue weighted by molar-refractivity contribution is 5.36. The number of nitriles is 1. The van der Waals surface area contributed by atoms with Crippen LogP contribution in [0.4, 0.5) is 4.39 Å². The minimum absolute atomic E-state index is 0.170. The van der Waals surface area contributed by atoms with Gasteiger partial charge >= 0.3 is 0 Å². The van der Waals surface area contributed by atoms with Crippen LogP contribution in [0, 0.1) is 24.1 Å². The van der Waals surface area contributed by atoms with E-state index in [0.29, 0.717) is 17.7 Å². The topological polar surface area (TPSA) is 54.1 Å². The number of halogens is 1. The molecule has 2 aromatic rings. The van der Waals surface area contributed by atoms with Crippen molar-refractivity contribution < 1.29 is 9.13 Å². The van der Waals surface area contributed by atoms with E-state index >= 15 is 0 Å². The van der Waals surface area contributed by atoms with Crippen molar-refractivity contribution in [3.05, 3.63) is 46.4 Å². The molecule has 0 spiro atoms. The average Bonchev–Trinajstić information content (AvgIpc) is 3.12. The Hall–Kier alpha value is -2.39. The first-order valence-corrected chi connectivity index (χ1v) is 8.05. The highest BCUT2D eigenvalue weighted by atomic mass is 19.1. The molecule has 1 aliphatic rings. The highest BCUT2D eigenvalue weighted by Crippen LogP contribution is 2.39. The van der Waals surface area contributed by atoms with Crippen molar-refractivity contribution in [3.63, 3.8) is 0 Å². The van der Waals surface area contributed by atoms with Gasteiger partial charge in [0, 0.05) is 25.2 Å². The largest absolute Gasteiger partial charge is 0.481 e. The first-order valence-electron chi connectivity index (χ1n) is 8.05. The van der Waals surface area contributed by atoms with E-state index in [4.69, 9.17) is 10.00 Å². The summed E-state index contributed by atoms with van der Waals surface area (Å²) in [4.78, 5) is 2.26. The van der Waals surface area contributed by atoms with Crippen LogP contribution in [0.25, 0.3) is 0 Å². The fraction of sp³-hybridized carbons (Fsp3) is 0.444. The fourth-order valence-corrected chi connectivity index (χ4v) is 3.59. The van der Waals surface area contributed by atoms with Gasteiger partial charge in [0.2, 0.25) is 5.88 Å². The Kier molecular flexibility index (Phi) is 4.54. The van der Waals surface area contributed by atoms with Crippen LogP contribution in [0.5, 0.6) is 5.88 Å². The molecule has 0 aliphatic carbocycles. The molecule has 24 heavy (non-hydrogen) atoms. The van der Waals surface area contributed by atoms with E-state index in [9.17, 15) is 4.39 Å². The quantitative estimate of drug-likeness (QED) is 0.865. The minimum Gasteiger partial charge on any atom is -0.481 e. The molecule has 0 N–H and O–H groups in total. The maximum absolute atomic E-state index is 14.2. The van der Waals surface area contributed by atoms with Crippen molar-refractivity contribution in [1.82, 2.24) is 14.7 Å². The summed E-state index contributed by atoms with van der Waals surface area (Å²) in [5.41, 5.74) is 3.00. The third kappa shape index (κ3) is 2.87. The number of likely N-dealkylation sites (tertiary alicyclic amines) is 1. The van der Waals surface area contributed by atoms with Gasteiger partial charge < -0.3 is 4.74 Å². The summed E-state index contributed by atoms with van der Waals surface area (Å²) in [5.74, 6) is 0.444. The molecular formula is C18H21FN4O. The lowest BCUT2D eigenvalue weighted by molar-refractivity contribution is 0.238. The third-order valence-electron chi connectivity index (χ3n) is 4.66. The standard InChI is InChI=1S/C18H21FN4O/c1-12-17(18(24-3)22(2)21-12)16-5-4-8-23(16)11-14-7-6-13(10-20)9-15(14)19/h6-7,9,16H,4-5,8,11H2,1-3H3/t16-/m0/s1. The van der Waals surface area contributed by atoms with Gasteiger partial charge in [-0.3, -0.25) is 4.90 Å². The van der Waals surface area contributed by atoms with Crippen LogP contribution in [-0.4, -0.2) is 28.3 Å². The minimum atomic E-state index is -0.324. The van der Waals surface area contributed by atoms with Crippen molar-refractivity contribution in [2.24, 2.45) is 7.05 Å². The van der Waals surface area contributed by atoms with Crippen molar-refractivity contribution in [2.75, 3.05) is 13.7 Å². The molecule has 1 fully saturated rings. The number of aryl methyl sites for hydroxylation is 2. The molecule has 0 unspecified atom stereocenters. The molecule has 1 atom stereocenters. The van der Waals surface area contributed by atoms with E-state index in [2.05, 4.69) is 10.00 Å². The maximum Gasteiger partial charge on any atom is 0.216 e. The van der Waals surface area contributed by atoms with Gasteiger partial charge in [-0.25, -0.2) is 9.07 Å². The summed E-state index contributed by atoms with van der Waals surface area (Å²) < 4.78 is 21.5. The normalized spacial score (nSPS) is 17.9. The molecule has 0 saturated carbocycles.